The summed E-state index contributed by atoms with van der Waals surface area (Å²) < 4.78 is 0. The summed E-state index contributed by atoms with van der Waals surface area (Å²) >= 11 is 0. The van der Waals surface area contributed by atoms with Crippen molar-refractivity contribution < 1.29 is 9.59 Å². The highest BCUT2D eigenvalue weighted by atomic mass is 16.2. The first-order chi connectivity index (χ1) is 8.58. The zero-order valence-corrected chi connectivity index (χ0v) is 11.0. The van der Waals surface area contributed by atoms with Crippen LogP contribution in [-0.2, 0) is 4.79 Å². The van der Waals surface area contributed by atoms with E-state index in [1.165, 1.54) is 0 Å². The van der Waals surface area contributed by atoms with Crippen LogP contribution >= 0.6 is 0 Å². The Hall–Kier alpha value is -1.84. The molecule has 0 aromatic heterocycles. The molecule has 0 atom stereocenters. The quantitative estimate of drug-likeness (QED) is 0.760. The smallest absolute Gasteiger partial charge is 0.319 e. The number of nitrogens with one attached hydrogen (secondary N) is 2. The first-order valence-electron chi connectivity index (χ1n) is 6.19. The molecule has 4 heteroatoms. The largest absolute Gasteiger partial charge is 0.338 e. The van der Waals surface area contributed by atoms with Gasteiger partial charge in [0.15, 0.2) is 0 Å². The van der Waals surface area contributed by atoms with Crippen LogP contribution in [0.25, 0.3) is 0 Å². The Bertz CT molecular complexity index is 399. The molecule has 0 aliphatic rings. The Kier molecular flexibility index (Phi) is 5.91. The molecule has 18 heavy (non-hydrogen) atoms. The van der Waals surface area contributed by atoms with E-state index in [4.69, 9.17) is 0 Å². The van der Waals surface area contributed by atoms with E-state index in [2.05, 4.69) is 10.6 Å². The highest BCUT2D eigenvalue weighted by molar-refractivity contribution is 5.89. The number of benzene rings is 1. The fourth-order valence-corrected chi connectivity index (χ4v) is 1.51. The molecule has 1 aromatic carbocycles. The van der Waals surface area contributed by atoms with E-state index in [0.29, 0.717) is 13.0 Å². The highest BCUT2D eigenvalue weighted by Gasteiger charge is 2.00. The third-order valence-electron chi connectivity index (χ3n) is 2.55. The maximum atomic E-state index is 11.5. The van der Waals surface area contributed by atoms with Crippen LogP contribution in [0.2, 0.25) is 0 Å². The molecule has 0 bridgehead atoms. The van der Waals surface area contributed by atoms with E-state index >= 15 is 0 Å². The molecule has 2 amide bonds. The summed E-state index contributed by atoms with van der Waals surface area (Å²) in [5.41, 5.74) is 1.94. The van der Waals surface area contributed by atoms with Gasteiger partial charge in [-0.3, -0.25) is 0 Å². The van der Waals surface area contributed by atoms with Gasteiger partial charge in [-0.1, -0.05) is 17.7 Å². The predicted molar refractivity (Wildman–Crippen MR) is 72.7 cm³/mol. The SMILES string of the molecule is CC(=O)CCCCNC(=O)Nc1ccc(C)cc1. The van der Waals surface area contributed by atoms with Gasteiger partial charge in [0.05, 0.1) is 0 Å². The highest BCUT2D eigenvalue weighted by Crippen LogP contribution is 2.07. The summed E-state index contributed by atoms with van der Waals surface area (Å²) in [6.07, 6.45) is 2.22. The number of unbranched alkanes of at least 4 members (excludes halogenated alkanes) is 1. The molecule has 0 spiro atoms. The molecular weight excluding hydrogens is 228 g/mol. The van der Waals surface area contributed by atoms with Crippen LogP contribution in [0, 0.1) is 6.92 Å². The third kappa shape index (κ3) is 6.03. The second kappa shape index (κ2) is 7.48. The molecule has 0 aliphatic heterocycles. The lowest BCUT2D eigenvalue weighted by atomic mass is 10.2. The Morgan fingerprint density at radius 2 is 1.78 bits per heavy atom. The average Bonchev–Trinajstić information content (AvgIpc) is 2.31. The lowest BCUT2D eigenvalue weighted by Gasteiger charge is -2.07. The normalized spacial score (nSPS) is 9.89. The molecule has 0 fully saturated rings. The molecule has 1 aromatic rings. The Balaban J connectivity index is 2.17. The van der Waals surface area contributed by atoms with Crippen molar-refractivity contribution in [1.82, 2.24) is 5.32 Å². The number of rotatable bonds is 6. The molecule has 0 radical (unpaired) electrons. The van der Waals surface area contributed by atoms with Gasteiger partial charge in [-0.2, -0.15) is 0 Å². The molecule has 0 saturated carbocycles. The molecule has 2 N–H and O–H groups in total. The van der Waals surface area contributed by atoms with Crippen molar-refractivity contribution >= 4 is 17.5 Å². The number of carbonyl (C=O) groups is 2. The number of hydrogen-bond acceptors (Lipinski definition) is 2. The predicted octanol–water partition coefficient (Wildman–Crippen LogP) is 2.88. The van der Waals surface area contributed by atoms with E-state index in [0.717, 1.165) is 24.1 Å². The fourth-order valence-electron chi connectivity index (χ4n) is 1.51. The monoisotopic (exact) mass is 248 g/mol. The van der Waals surface area contributed by atoms with Crippen LogP contribution in [0.15, 0.2) is 24.3 Å². The summed E-state index contributed by atoms with van der Waals surface area (Å²) in [5.74, 6) is 0.194. The van der Waals surface area contributed by atoms with E-state index in [1.807, 2.05) is 31.2 Å². The van der Waals surface area contributed by atoms with E-state index in [9.17, 15) is 9.59 Å². The van der Waals surface area contributed by atoms with E-state index in [-0.39, 0.29) is 11.8 Å². The lowest BCUT2D eigenvalue weighted by Crippen LogP contribution is -2.29. The molecule has 4 nitrogen and oxygen atoms in total. The summed E-state index contributed by atoms with van der Waals surface area (Å²) in [4.78, 5) is 22.2. The summed E-state index contributed by atoms with van der Waals surface area (Å²) in [7, 11) is 0. The van der Waals surface area contributed by atoms with Crippen molar-refractivity contribution in [3.05, 3.63) is 29.8 Å². The zero-order chi connectivity index (χ0) is 13.4. The number of ketones is 1. The molecule has 0 aliphatic carbocycles. The maximum Gasteiger partial charge on any atom is 0.319 e. The molecule has 0 unspecified atom stereocenters. The summed E-state index contributed by atoms with van der Waals surface area (Å²) in [6, 6.07) is 7.42. The third-order valence-corrected chi connectivity index (χ3v) is 2.55. The van der Waals surface area contributed by atoms with Gasteiger partial charge in [-0.25, -0.2) is 4.79 Å². The standard InChI is InChI=1S/C14H20N2O2/c1-11-6-8-13(9-7-11)16-14(18)15-10-4-3-5-12(2)17/h6-9H,3-5,10H2,1-2H3,(H2,15,16,18). The van der Waals surface area contributed by atoms with Crippen molar-refractivity contribution in [3.63, 3.8) is 0 Å². The van der Waals surface area contributed by atoms with Crippen LogP contribution in [0.4, 0.5) is 10.5 Å². The van der Waals surface area contributed by atoms with Crippen molar-refractivity contribution in [2.24, 2.45) is 0 Å². The van der Waals surface area contributed by atoms with Gasteiger partial charge in [-0.15, -0.1) is 0 Å². The number of aryl methyl sites for hydroxylation is 1. The van der Waals surface area contributed by atoms with Crippen LogP contribution < -0.4 is 10.6 Å². The topological polar surface area (TPSA) is 58.2 Å². The van der Waals surface area contributed by atoms with Gasteiger partial charge in [0, 0.05) is 18.7 Å². The van der Waals surface area contributed by atoms with Crippen molar-refractivity contribution in [3.8, 4) is 0 Å². The van der Waals surface area contributed by atoms with Crippen molar-refractivity contribution in [2.75, 3.05) is 11.9 Å². The molecule has 0 heterocycles. The number of amides is 2. The number of hydrogen-bond donors (Lipinski definition) is 2. The van der Waals surface area contributed by atoms with Crippen LogP contribution in [0.5, 0.6) is 0 Å². The molecule has 98 valence electrons. The van der Waals surface area contributed by atoms with Gasteiger partial charge < -0.3 is 15.4 Å². The minimum atomic E-state index is -0.207. The second-order valence-corrected chi connectivity index (χ2v) is 4.41. The van der Waals surface area contributed by atoms with Gasteiger partial charge in [0.2, 0.25) is 0 Å². The maximum absolute atomic E-state index is 11.5. The first kappa shape index (κ1) is 14.2. The Labute approximate surface area is 108 Å². The molecule has 1 rings (SSSR count). The number of Topliss-reactive ketones (excluding diaryl/α,β-unsaturated/α-hetero) is 1. The summed E-state index contributed by atoms with van der Waals surface area (Å²) in [5, 5.41) is 5.51. The second-order valence-electron chi connectivity index (χ2n) is 4.41. The first-order valence-corrected chi connectivity index (χ1v) is 6.19. The number of carbonyl (C=O) groups excluding carboxylic acids is 2. The molecular formula is C14H20N2O2. The molecule has 0 saturated heterocycles. The number of anilines is 1. The van der Waals surface area contributed by atoms with Gasteiger partial charge >= 0.3 is 6.03 Å². The Morgan fingerprint density at radius 3 is 2.39 bits per heavy atom. The van der Waals surface area contributed by atoms with Gasteiger partial charge in [-0.05, 0) is 38.8 Å². The zero-order valence-electron chi connectivity index (χ0n) is 11.0. The van der Waals surface area contributed by atoms with E-state index < -0.39 is 0 Å². The van der Waals surface area contributed by atoms with Gasteiger partial charge in [0.25, 0.3) is 0 Å². The van der Waals surface area contributed by atoms with Crippen LogP contribution in [-0.4, -0.2) is 18.4 Å². The van der Waals surface area contributed by atoms with Crippen molar-refractivity contribution in [1.29, 1.82) is 0 Å². The minimum Gasteiger partial charge on any atom is -0.338 e. The van der Waals surface area contributed by atoms with Crippen LogP contribution in [0.1, 0.15) is 31.7 Å². The average molecular weight is 248 g/mol. The van der Waals surface area contributed by atoms with Gasteiger partial charge in [0.1, 0.15) is 5.78 Å². The Morgan fingerprint density at radius 1 is 1.11 bits per heavy atom. The van der Waals surface area contributed by atoms with E-state index in [1.54, 1.807) is 6.92 Å². The van der Waals surface area contributed by atoms with Crippen molar-refractivity contribution in [2.45, 2.75) is 33.1 Å². The minimum absolute atomic E-state index is 0.194. The fraction of sp³-hybridized carbons (Fsp3) is 0.429. The van der Waals surface area contributed by atoms with Crippen LogP contribution in [0.3, 0.4) is 0 Å². The lowest BCUT2D eigenvalue weighted by molar-refractivity contribution is -0.117. The summed E-state index contributed by atoms with van der Waals surface area (Å²) in [6.45, 7) is 4.17. The number of urea groups is 1.